The minimum Gasteiger partial charge on any atom is -0.475 e. The molecule has 3 heterocycles. The molecule has 1 amide bonds. The van der Waals surface area contributed by atoms with E-state index >= 15 is 0 Å². The molecule has 0 spiro atoms. The number of aromatic nitrogens is 2. The summed E-state index contributed by atoms with van der Waals surface area (Å²) >= 11 is 5.77. The van der Waals surface area contributed by atoms with Gasteiger partial charge in [-0.05, 0) is 42.5 Å². The van der Waals surface area contributed by atoms with Gasteiger partial charge in [-0.2, -0.15) is 13.2 Å². The molecule has 0 atom stereocenters. The van der Waals surface area contributed by atoms with Gasteiger partial charge in [-0.3, -0.25) is 9.78 Å². The first-order valence-electron chi connectivity index (χ1n) is 9.44. The summed E-state index contributed by atoms with van der Waals surface area (Å²) in [5.74, 6) is -3.19. The molecule has 0 radical (unpaired) electrons. The van der Waals surface area contributed by atoms with E-state index in [0.29, 0.717) is 28.4 Å². The van der Waals surface area contributed by atoms with E-state index in [-0.39, 0.29) is 11.7 Å². The summed E-state index contributed by atoms with van der Waals surface area (Å²) in [7, 11) is 0. The number of hydrogen-bond acceptors (Lipinski definition) is 3. The number of aromatic amines is 1. The first-order valence-corrected chi connectivity index (χ1v) is 9.82. The minimum absolute atomic E-state index is 0.0545. The predicted molar refractivity (Wildman–Crippen MR) is 114 cm³/mol. The molecule has 3 aromatic rings. The zero-order valence-corrected chi connectivity index (χ0v) is 17.5. The number of nitrogens with zero attached hydrogens (tertiary/aromatic N) is 1. The Morgan fingerprint density at radius 1 is 1.15 bits per heavy atom. The molecule has 0 unspecified atom stereocenters. The van der Waals surface area contributed by atoms with E-state index < -0.39 is 12.1 Å². The van der Waals surface area contributed by atoms with Crippen molar-refractivity contribution >= 4 is 35.6 Å². The molecule has 172 valence electrons. The number of alkyl halides is 3. The Hall–Kier alpha value is -3.66. The number of carbonyl (C=O) groups is 2. The molecule has 0 saturated heterocycles. The largest absolute Gasteiger partial charge is 0.490 e. The summed E-state index contributed by atoms with van der Waals surface area (Å²) < 4.78 is 45.6. The van der Waals surface area contributed by atoms with Crippen LogP contribution >= 0.6 is 11.6 Å². The zero-order chi connectivity index (χ0) is 24.2. The summed E-state index contributed by atoms with van der Waals surface area (Å²) in [5.41, 5.74) is 4.53. The standard InChI is InChI=1S/C20H15ClFN3O.C2HF3O2/c21-14-3-1-12(17(22)10-14)2-4-15-9-13(5-7-23-15)19-11-16-18(25-19)6-8-24-20(16)26;3-2(4,5)1(6)7/h1-5,7,9-11,25H,6,8H2,(H,24,26);(H,6,7)/b4-2+;. The van der Waals surface area contributed by atoms with Crippen molar-refractivity contribution in [3.8, 4) is 11.3 Å². The second-order valence-corrected chi connectivity index (χ2v) is 7.29. The topological polar surface area (TPSA) is 95.1 Å². The van der Waals surface area contributed by atoms with Crippen molar-refractivity contribution in [3.05, 3.63) is 75.9 Å². The van der Waals surface area contributed by atoms with E-state index in [1.54, 1.807) is 30.5 Å². The van der Waals surface area contributed by atoms with Crippen molar-refractivity contribution in [1.29, 1.82) is 0 Å². The molecule has 1 aliphatic heterocycles. The van der Waals surface area contributed by atoms with Crippen molar-refractivity contribution in [1.82, 2.24) is 15.3 Å². The van der Waals surface area contributed by atoms with Crippen LogP contribution in [0.25, 0.3) is 23.4 Å². The lowest BCUT2D eigenvalue weighted by Gasteiger charge is -2.10. The Bertz CT molecular complexity index is 1220. The highest BCUT2D eigenvalue weighted by atomic mass is 35.5. The quantitative estimate of drug-likeness (QED) is 0.461. The highest BCUT2D eigenvalue weighted by Gasteiger charge is 2.38. The third-order valence-electron chi connectivity index (χ3n) is 4.54. The van der Waals surface area contributed by atoms with Crippen LogP contribution < -0.4 is 5.32 Å². The van der Waals surface area contributed by atoms with Gasteiger partial charge in [0.2, 0.25) is 0 Å². The maximum atomic E-state index is 13.9. The second-order valence-electron chi connectivity index (χ2n) is 6.85. The molecule has 6 nitrogen and oxygen atoms in total. The molecule has 11 heteroatoms. The number of fused-ring (bicyclic) bond motifs is 1. The van der Waals surface area contributed by atoms with E-state index in [4.69, 9.17) is 21.5 Å². The van der Waals surface area contributed by atoms with E-state index in [9.17, 15) is 22.4 Å². The van der Waals surface area contributed by atoms with Crippen molar-refractivity contribution in [2.75, 3.05) is 6.54 Å². The Balaban J connectivity index is 0.000000383. The molecule has 3 N–H and O–H groups in total. The average Bonchev–Trinajstić information content (AvgIpc) is 3.19. The van der Waals surface area contributed by atoms with Gasteiger partial charge in [-0.1, -0.05) is 17.7 Å². The van der Waals surface area contributed by atoms with Gasteiger partial charge in [0.15, 0.2) is 0 Å². The van der Waals surface area contributed by atoms with Crippen LogP contribution in [0.4, 0.5) is 17.6 Å². The molecule has 1 aromatic carbocycles. The smallest absolute Gasteiger partial charge is 0.475 e. The minimum atomic E-state index is -5.08. The van der Waals surface area contributed by atoms with E-state index in [2.05, 4.69) is 15.3 Å². The number of carbonyl (C=O) groups excluding carboxylic acids is 1. The molecule has 0 saturated carbocycles. The average molecular weight is 482 g/mol. The van der Waals surface area contributed by atoms with Crippen LogP contribution in [0.1, 0.15) is 27.3 Å². The number of carboxylic acid groups (broad SMARTS) is 1. The predicted octanol–water partition coefficient (Wildman–Crippen LogP) is 4.96. The second kappa shape index (κ2) is 9.86. The first kappa shape index (κ1) is 24.0. The lowest BCUT2D eigenvalue weighted by atomic mass is 10.1. The van der Waals surface area contributed by atoms with Gasteiger partial charge >= 0.3 is 12.1 Å². The van der Waals surface area contributed by atoms with Crippen LogP contribution in [0.15, 0.2) is 42.6 Å². The van der Waals surface area contributed by atoms with Crippen LogP contribution in [0.5, 0.6) is 0 Å². The molecule has 0 bridgehead atoms. The van der Waals surface area contributed by atoms with E-state index in [1.807, 2.05) is 18.2 Å². The van der Waals surface area contributed by atoms with Crippen molar-refractivity contribution < 1.29 is 32.3 Å². The molecule has 0 fully saturated rings. The van der Waals surface area contributed by atoms with Gasteiger partial charge in [0.1, 0.15) is 5.82 Å². The number of halogens is 5. The summed E-state index contributed by atoms with van der Waals surface area (Å²) in [5, 5.41) is 10.3. The number of carboxylic acids is 1. The fraction of sp³-hybridized carbons (Fsp3) is 0.136. The van der Waals surface area contributed by atoms with Gasteiger partial charge in [0, 0.05) is 46.7 Å². The normalized spacial score (nSPS) is 13.2. The summed E-state index contributed by atoms with van der Waals surface area (Å²) in [4.78, 5) is 28.4. The number of hydrogen-bond donors (Lipinski definition) is 3. The lowest BCUT2D eigenvalue weighted by molar-refractivity contribution is -0.192. The van der Waals surface area contributed by atoms with Crippen molar-refractivity contribution in [2.24, 2.45) is 0 Å². The Morgan fingerprint density at radius 3 is 2.52 bits per heavy atom. The summed E-state index contributed by atoms with van der Waals surface area (Å²) in [6.07, 6.45) is 0.790. The van der Waals surface area contributed by atoms with Crippen molar-refractivity contribution in [3.63, 3.8) is 0 Å². The van der Waals surface area contributed by atoms with E-state index in [1.165, 1.54) is 6.07 Å². The number of aliphatic carboxylic acids is 1. The van der Waals surface area contributed by atoms with Gasteiger partial charge in [0.05, 0.1) is 11.3 Å². The molecular formula is C22H16ClF4N3O3. The third-order valence-corrected chi connectivity index (χ3v) is 4.77. The molecule has 2 aromatic heterocycles. The Morgan fingerprint density at radius 2 is 1.88 bits per heavy atom. The summed E-state index contributed by atoms with van der Waals surface area (Å²) in [6.45, 7) is 0.642. The van der Waals surface area contributed by atoms with Crippen LogP contribution in [0, 0.1) is 5.82 Å². The van der Waals surface area contributed by atoms with Crippen LogP contribution in [0.2, 0.25) is 5.02 Å². The zero-order valence-electron chi connectivity index (χ0n) is 16.7. The Labute approximate surface area is 189 Å². The van der Waals surface area contributed by atoms with Gasteiger partial charge in [-0.25, -0.2) is 9.18 Å². The van der Waals surface area contributed by atoms with Crippen LogP contribution in [-0.2, 0) is 11.2 Å². The fourth-order valence-corrected chi connectivity index (χ4v) is 3.13. The molecule has 33 heavy (non-hydrogen) atoms. The first-order chi connectivity index (χ1) is 15.5. The van der Waals surface area contributed by atoms with Gasteiger partial charge in [-0.15, -0.1) is 0 Å². The highest BCUT2D eigenvalue weighted by molar-refractivity contribution is 6.30. The summed E-state index contributed by atoms with van der Waals surface area (Å²) in [6, 6.07) is 10.2. The lowest BCUT2D eigenvalue weighted by Crippen LogP contribution is -2.31. The number of benzene rings is 1. The number of H-pyrrole nitrogens is 1. The number of rotatable bonds is 3. The number of nitrogens with one attached hydrogen (secondary N) is 2. The molecule has 0 aliphatic carbocycles. The fourth-order valence-electron chi connectivity index (χ4n) is 2.97. The third kappa shape index (κ3) is 6.19. The van der Waals surface area contributed by atoms with Crippen LogP contribution in [-0.4, -0.2) is 39.7 Å². The van der Waals surface area contributed by atoms with Crippen LogP contribution in [0.3, 0.4) is 0 Å². The van der Waals surface area contributed by atoms with Gasteiger partial charge in [0.25, 0.3) is 5.91 Å². The highest BCUT2D eigenvalue weighted by Crippen LogP contribution is 2.25. The van der Waals surface area contributed by atoms with Gasteiger partial charge < -0.3 is 15.4 Å². The van der Waals surface area contributed by atoms with Crippen molar-refractivity contribution in [2.45, 2.75) is 12.6 Å². The molecular weight excluding hydrogens is 466 g/mol. The number of pyridine rings is 1. The maximum absolute atomic E-state index is 13.9. The van der Waals surface area contributed by atoms with E-state index in [0.717, 1.165) is 23.4 Å². The SMILES string of the molecule is O=C(O)C(F)(F)F.O=C1NCCc2[nH]c(-c3ccnc(/C=C/c4ccc(Cl)cc4F)c3)cc21. The Kier molecular flexibility index (Phi) is 7.17. The molecule has 4 rings (SSSR count). The monoisotopic (exact) mass is 481 g/mol. The number of amides is 1. The maximum Gasteiger partial charge on any atom is 0.490 e. The molecule has 1 aliphatic rings.